The summed E-state index contributed by atoms with van der Waals surface area (Å²) in [5.74, 6) is 0. The monoisotopic (exact) mass is 331 g/mol. The molecule has 0 bridgehead atoms. The van der Waals surface area contributed by atoms with Crippen LogP contribution in [0, 0.1) is 0 Å². The molecule has 3 aromatic carbocycles. The molecule has 1 aromatic heterocycles. The van der Waals surface area contributed by atoms with E-state index in [-0.39, 0.29) is 5.43 Å². The van der Waals surface area contributed by atoms with Gasteiger partial charge < -0.3 is 4.90 Å². The van der Waals surface area contributed by atoms with Gasteiger partial charge in [-0.15, -0.1) is 11.3 Å². The molecule has 0 fully saturated rings. The van der Waals surface area contributed by atoms with Crippen molar-refractivity contribution in [2.45, 2.75) is 0 Å². The van der Waals surface area contributed by atoms with Crippen molar-refractivity contribution < 1.29 is 0 Å². The lowest BCUT2D eigenvalue weighted by Crippen LogP contribution is -2.08. The van der Waals surface area contributed by atoms with E-state index in [1.165, 1.54) is 0 Å². The molecule has 3 heteroatoms. The zero-order valence-corrected chi connectivity index (χ0v) is 14.4. The Hall–Kier alpha value is -2.65. The normalized spacial score (nSPS) is 11.1. The summed E-state index contributed by atoms with van der Waals surface area (Å²) in [7, 11) is 4.05. The van der Waals surface area contributed by atoms with Crippen LogP contribution in [0.25, 0.3) is 31.3 Å². The van der Waals surface area contributed by atoms with Crippen molar-refractivity contribution in [3.8, 4) is 11.1 Å². The van der Waals surface area contributed by atoms with E-state index in [9.17, 15) is 4.79 Å². The number of anilines is 1. The summed E-state index contributed by atoms with van der Waals surface area (Å²) in [5.41, 5.74) is 3.34. The Morgan fingerprint density at radius 2 is 1.50 bits per heavy atom. The molecule has 118 valence electrons. The Balaban J connectivity index is 2.02. The Morgan fingerprint density at radius 3 is 2.25 bits per heavy atom. The SMILES string of the molecule is CN(C)c1ccc(-c2cccc3sc4ccccc4c(=O)c23)cc1. The molecule has 0 saturated carbocycles. The molecule has 24 heavy (non-hydrogen) atoms. The number of fused-ring (bicyclic) bond motifs is 2. The quantitative estimate of drug-likeness (QED) is 0.474. The molecule has 0 aliphatic carbocycles. The minimum Gasteiger partial charge on any atom is -0.378 e. The lowest BCUT2D eigenvalue weighted by atomic mass is 10.0. The third-order valence-corrected chi connectivity index (χ3v) is 5.44. The van der Waals surface area contributed by atoms with Crippen LogP contribution in [0.1, 0.15) is 0 Å². The minimum absolute atomic E-state index is 0.117. The first-order valence-electron chi connectivity index (χ1n) is 7.87. The van der Waals surface area contributed by atoms with Crippen LogP contribution in [0.15, 0.2) is 71.5 Å². The highest BCUT2D eigenvalue weighted by Gasteiger charge is 2.11. The molecule has 0 aliphatic heterocycles. The fourth-order valence-corrected chi connectivity index (χ4v) is 4.13. The van der Waals surface area contributed by atoms with E-state index < -0.39 is 0 Å². The lowest BCUT2D eigenvalue weighted by molar-refractivity contribution is 1.13. The first-order chi connectivity index (χ1) is 11.6. The Morgan fingerprint density at radius 1 is 0.792 bits per heavy atom. The van der Waals surface area contributed by atoms with Gasteiger partial charge in [0.05, 0.1) is 0 Å². The summed E-state index contributed by atoms with van der Waals surface area (Å²) in [6.07, 6.45) is 0. The zero-order valence-electron chi connectivity index (χ0n) is 13.6. The molecule has 0 radical (unpaired) electrons. The average Bonchev–Trinajstić information content (AvgIpc) is 2.61. The zero-order chi connectivity index (χ0) is 16.7. The van der Waals surface area contributed by atoms with Crippen molar-refractivity contribution >= 4 is 37.2 Å². The van der Waals surface area contributed by atoms with Crippen LogP contribution in [0.5, 0.6) is 0 Å². The topological polar surface area (TPSA) is 20.3 Å². The minimum atomic E-state index is 0.117. The van der Waals surface area contributed by atoms with Crippen LogP contribution in [0.4, 0.5) is 5.69 Å². The maximum atomic E-state index is 13.1. The molecule has 0 amide bonds. The molecular weight excluding hydrogens is 314 g/mol. The second kappa shape index (κ2) is 5.77. The molecule has 4 aromatic rings. The van der Waals surface area contributed by atoms with Gasteiger partial charge in [0.25, 0.3) is 0 Å². The van der Waals surface area contributed by atoms with Crippen molar-refractivity contribution in [2.24, 2.45) is 0 Å². The number of rotatable bonds is 2. The van der Waals surface area contributed by atoms with Crippen molar-refractivity contribution in [3.63, 3.8) is 0 Å². The summed E-state index contributed by atoms with van der Waals surface area (Å²) >= 11 is 1.67. The van der Waals surface area contributed by atoms with Gasteiger partial charge in [0, 0.05) is 40.0 Å². The smallest absolute Gasteiger partial charge is 0.196 e. The molecule has 0 N–H and O–H groups in total. The number of benzene rings is 3. The highest BCUT2D eigenvalue weighted by Crippen LogP contribution is 2.32. The summed E-state index contributed by atoms with van der Waals surface area (Å²) < 4.78 is 2.07. The van der Waals surface area contributed by atoms with Crippen LogP contribution in [0.2, 0.25) is 0 Å². The summed E-state index contributed by atoms with van der Waals surface area (Å²) in [4.78, 5) is 15.1. The van der Waals surface area contributed by atoms with E-state index in [0.717, 1.165) is 37.0 Å². The summed E-state index contributed by atoms with van der Waals surface area (Å²) in [5, 5.41) is 1.62. The molecule has 0 saturated heterocycles. The van der Waals surface area contributed by atoms with E-state index in [4.69, 9.17) is 0 Å². The van der Waals surface area contributed by atoms with E-state index in [1.54, 1.807) is 11.3 Å². The van der Waals surface area contributed by atoms with Crippen LogP contribution >= 0.6 is 11.3 Å². The standard InChI is InChI=1S/C21H17NOS/c1-22(2)15-12-10-14(11-13-15)16-7-5-9-19-20(16)21(23)17-6-3-4-8-18(17)24-19/h3-13H,1-2H3. The van der Waals surface area contributed by atoms with Gasteiger partial charge in [0.2, 0.25) is 0 Å². The second-order valence-electron chi connectivity index (χ2n) is 6.05. The molecule has 0 unspecified atom stereocenters. The average molecular weight is 331 g/mol. The third kappa shape index (κ3) is 2.38. The first kappa shape index (κ1) is 14.9. The van der Waals surface area contributed by atoms with Crippen LogP contribution in [-0.2, 0) is 0 Å². The highest BCUT2D eigenvalue weighted by molar-refractivity contribution is 7.24. The first-order valence-corrected chi connectivity index (χ1v) is 8.69. The fourth-order valence-electron chi connectivity index (χ4n) is 3.03. The fraction of sp³-hybridized carbons (Fsp3) is 0.0952. The van der Waals surface area contributed by atoms with E-state index in [2.05, 4.69) is 29.2 Å². The van der Waals surface area contributed by atoms with Crippen molar-refractivity contribution in [3.05, 3.63) is 77.0 Å². The molecule has 0 atom stereocenters. The van der Waals surface area contributed by atoms with Gasteiger partial charge in [0.1, 0.15) is 0 Å². The number of nitrogens with zero attached hydrogens (tertiary/aromatic N) is 1. The summed E-state index contributed by atoms with van der Waals surface area (Å²) in [6, 6.07) is 22.3. The van der Waals surface area contributed by atoms with Crippen LogP contribution in [0.3, 0.4) is 0 Å². The van der Waals surface area contributed by atoms with E-state index in [1.807, 2.05) is 56.6 Å². The van der Waals surface area contributed by atoms with Crippen LogP contribution < -0.4 is 10.3 Å². The Labute approximate surface area is 144 Å². The van der Waals surface area contributed by atoms with Gasteiger partial charge in [-0.25, -0.2) is 0 Å². The molecular formula is C21H17NOS. The van der Waals surface area contributed by atoms with Gasteiger partial charge in [0.15, 0.2) is 5.43 Å². The van der Waals surface area contributed by atoms with Crippen LogP contribution in [-0.4, -0.2) is 14.1 Å². The van der Waals surface area contributed by atoms with Gasteiger partial charge in [-0.2, -0.15) is 0 Å². The van der Waals surface area contributed by atoms with E-state index >= 15 is 0 Å². The summed E-state index contributed by atoms with van der Waals surface area (Å²) in [6.45, 7) is 0. The van der Waals surface area contributed by atoms with Crippen molar-refractivity contribution in [1.82, 2.24) is 0 Å². The van der Waals surface area contributed by atoms with Gasteiger partial charge in [-0.05, 0) is 41.5 Å². The number of hydrogen-bond acceptors (Lipinski definition) is 3. The predicted molar refractivity (Wildman–Crippen MR) is 105 cm³/mol. The predicted octanol–water partition coefficient (Wildman–Crippen LogP) is 5.15. The van der Waals surface area contributed by atoms with Crippen molar-refractivity contribution in [1.29, 1.82) is 0 Å². The molecule has 2 nitrogen and oxygen atoms in total. The third-order valence-electron chi connectivity index (χ3n) is 4.30. The van der Waals surface area contributed by atoms with Gasteiger partial charge >= 0.3 is 0 Å². The Kier molecular flexibility index (Phi) is 3.58. The molecule has 0 aliphatic rings. The molecule has 0 spiro atoms. The van der Waals surface area contributed by atoms with Crippen molar-refractivity contribution in [2.75, 3.05) is 19.0 Å². The number of hydrogen-bond donors (Lipinski definition) is 0. The van der Waals surface area contributed by atoms with Gasteiger partial charge in [-0.1, -0.05) is 36.4 Å². The maximum Gasteiger partial charge on any atom is 0.196 e. The largest absolute Gasteiger partial charge is 0.378 e. The molecule has 1 heterocycles. The van der Waals surface area contributed by atoms with E-state index in [0.29, 0.717) is 0 Å². The maximum absolute atomic E-state index is 13.1. The highest BCUT2D eigenvalue weighted by atomic mass is 32.1. The molecule has 4 rings (SSSR count). The second-order valence-corrected chi connectivity index (χ2v) is 7.13. The van der Waals surface area contributed by atoms with Gasteiger partial charge in [-0.3, -0.25) is 4.79 Å². The Bertz CT molecular complexity index is 1090. The lowest BCUT2D eigenvalue weighted by Gasteiger charge is -2.13.